The normalized spacial score (nSPS) is 10.3. The fraction of sp³-hybridized carbons (Fsp3) is 0.308. The Hall–Kier alpha value is -2.01. The first-order valence-electron chi connectivity index (χ1n) is 5.73. The summed E-state index contributed by atoms with van der Waals surface area (Å²) >= 11 is 0. The molecule has 2 rings (SSSR count). The lowest BCUT2D eigenvalue weighted by Gasteiger charge is -2.11. The Labute approximate surface area is 106 Å². The summed E-state index contributed by atoms with van der Waals surface area (Å²) in [5, 5.41) is 12.8. The second-order valence-electron chi connectivity index (χ2n) is 3.75. The van der Waals surface area contributed by atoms with E-state index in [0.717, 1.165) is 5.69 Å². The van der Waals surface area contributed by atoms with Gasteiger partial charge in [-0.3, -0.25) is 4.68 Å². The van der Waals surface area contributed by atoms with Crippen LogP contribution in [0.15, 0.2) is 36.5 Å². The van der Waals surface area contributed by atoms with Crippen molar-refractivity contribution in [2.75, 3.05) is 13.2 Å². The van der Waals surface area contributed by atoms with E-state index in [1.54, 1.807) is 10.9 Å². The van der Waals surface area contributed by atoms with E-state index < -0.39 is 0 Å². The minimum atomic E-state index is -0.0178. The number of para-hydroxylation sites is 2. The molecule has 0 radical (unpaired) electrons. The molecule has 0 aliphatic rings. The van der Waals surface area contributed by atoms with E-state index in [2.05, 4.69) is 5.10 Å². The van der Waals surface area contributed by atoms with Crippen molar-refractivity contribution in [1.29, 1.82) is 0 Å². The van der Waals surface area contributed by atoms with Gasteiger partial charge in [0.25, 0.3) is 0 Å². The van der Waals surface area contributed by atoms with Gasteiger partial charge in [0.2, 0.25) is 0 Å². The molecule has 0 amide bonds. The van der Waals surface area contributed by atoms with Crippen LogP contribution in [0.4, 0.5) is 0 Å². The van der Waals surface area contributed by atoms with Crippen LogP contribution in [0.1, 0.15) is 5.69 Å². The van der Waals surface area contributed by atoms with E-state index in [0.29, 0.717) is 18.1 Å². The molecule has 0 unspecified atom stereocenters. The van der Waals surface area contributed by atoms with Crippen LogP contribution in [0, 0.1) is 0 Å². The maximum atomic E-state index is 8.76. The molecule has 5 nitrogen and oxygen atoms in total. The Bertz CT molecular complexity index is 496. The number of aromatic nitrogens is 2. The van der Waals surface area contributed by atoms with Crippen LogP contribution < -0.4 is 9.47 Å². The van der Waals surface area contributed by atoms with Gasteiger partial charge in [-0.2, -0.15) is 5.10 Å². The van der Waals surface area contributed by atoms with Crippen LogP contribution in [-0.4, -0.2) is 28.1 Å². The summed E-state index contributed by atoms with van der Waals surface area (Å²) in [7, 11) is 1.87. The molecule has 0 spiro atoms. The van der Waals surface area contributed by atoms with Crippen molar-refractivity contribution in [2.45, 2.75) is 6.61 Å². The van der Waals surface area contributed by atoms with E-state index >= 15 is 0 Å². The predicted octanol–water partition coefficient (Wildman–Crippen LogP) is 1.37. The molecule has 1 N–H and O–H groups in total. The van der Waals surface area contributed by atoms with Gasteiger partial charge in [0.15, 0.2) is 11.5 Å². The molecule has 0 atom stereocenters. The second-order valence-corrected chi connectivity index (χ2v) is 3.75. The first-order valence-corrected chi connectivity index (χ1v) is 5.73. The lowest BCUT2D eigenvalue weighted by Crippen LogP contribution is -2.06. The molecule has 18 heavy (non-hydrogen) atoms. The number of hydrogen-bond donors (Lipinski definition) is 1. The number of aliphatic hydroxyl groups excluding tert-OH is 1. The molecule has 96 valence electrons. The molecule has 1 aromatic carbocycles. The topological polar surface area (TPSA) is 56.5 Å². The Morgan fingerprint density at radius 3 is 2.50 bits per heavy atom. The van der Waals surface area contributed by atoms with Crippen molar-refractivity contribution >= 4 is 0 Å². The summed E-state index contributed by atoms with van der Waals surface area (Å²) in [6, 6.07) is 9.29. The number of ether oxygens (including phenoxy) is 2. The van der Waals surface area contributed by atoms with Crippen LogP contribution in [0.3, 0.4) is 0 Å². The molecule has 0 bridgehead atoms. The van der Waals surface area contributed by atoms with Crippen LogP contribution in [0.5, 0.6) is 11.5 Å². The van der Waals surface area contributed by atoms with E-state index in [9.17, 15) is 0 Å². The van der Waals surface area contributed by atoms with E-state index in [4.69, 9.17) is 14.6 Å². The summed E-state index contributed by atoms with van der Waals surface area (Å²) in [6.45, 7) is 0.665. The minimum Gasteiger partial charge on any atom is -0.487 e. The third-order valence-corrected chi connectivity index (χ3v) is 2.50. The van der Waals surface area contributed by atoms with Crippen molar-refractivity contribution in [1.82, 2.24) is 9.78 Å². The third kappa shape index (κ3) is 3.01. The van der Waals surface area contributed by atoms with Gasteiger partial charge in [0, 0.05) is 13.2 Å². The molecule has 1 heterocycles. The van der Waals surface area contributed by atoms with Gasteiger partial charge in [-0.25, -0.2) is 0 Å². The Morgan fingerprint density at radius 1 is 1.17 bits per heavy atom. The maximum Gasteiger partial charge on any atom is 0.161 e. The average molecular weight is 248 g/mol. The zero-order chi connectivity index (χ0) is 12.8. The summed E-state index contributed by atoms with van der Waals surface area (Å²) in [4.78, 5) is 0. The largest absolute Gasteiger partial charge is 0.487 e. The quantitative estimate of drug-likeness (QED) is 0.839. The van der Waals surface area contributed by atoms with Crippen LogP contribution in [0.25, 0.3) is 0 Å². The number of aryl methyl sites for hydroxylation is 1. The van der Waals surface area contributed by atoms with Crippen molar-refractivity contribution in [2.24, 2.45) is 7.05 Å². The number of hydrogen-bond acceptors (Lipinski definition) is 4. The van der Waals surface area contributed by atoms with Gasteiger partial charge in [0.05, 0.1) is 12.3 Å². The van der Waals surface area contributed by atoms with Gasteiger partial charge in [-0.1, -0.05) is 12.1 Å². The zero-order valence-electron chi connectivity index (χ0n) is 10.2. The average Bonchev–Trinajstić information content (AvgIpc) is 2.80. The summed E-state index contributed by atoms with van der Waals surface area (Å²) in [5.41, 5.74) is 0.979. The van der Waals surface area contributed by atoms with Crippen molar-refractivity contribution in [3.63, 3.8) is 0 Å². The molecule has 0 saturated carbocycles. The first-order chi connectivity index (χ1) is 8.81. The molecule has 0 saturated heterocycles. The molecule has 2 aromatic rings. The maximum absolute atomic E-state index is 8.76. The Kier molecular flexibility index (Phi) is 4.20. The molecule has 0 fully saturated rings. The highest BCUT2D eigenvalue weighted by Gasteiger charge is 2.05. The SMILES string of the molecule is Cn1nccc1COc1ccccc1OCCO. The molecule has 5 heteroatoms. The number of nitrogens with zero attached hydrogens (tertiary/aromatic N) is 2. The lowest BCUT2D eigenvalue weighted by atomic mass is 10.3. The molecule has 1 aromatic heterocycles. The summed E-state index contributed by atoms with van der Waals surface area (Å²) < 4.78 is 12.8. The third-order valence-electron chi connectivity index (χ3n) is 2.50. The summed E-state index contributed by atoms with van der Waals surface area (Å²) in [5.74, 6) is 1.29. The minimum absolute atomic E-state index is 0.0178. The smallest absolute Gasteiger partial charge is 0.161 e. The standard InChI is InChI=1S/C13H16N2O3/c1-15-11(6-7-14-15)10-18-13-5-3-2-4-12(13)17-9-8-16/h2-7,16H,8-10H2,1H3. The molecule has 0 aliphatic carbocycles. The zero-order valence-corrected chi connectivity index (χ0v) is 10.2. The van der Waals surface area contributed by atoms with Crippen LogP contribution >= 0.6 is 0 Å². The Morgan fingerprint density at radius 2 is 1.89 bits per heavy atom. The molecular weight excluding hydrogens is 232 g/mol. The fourth-order valence-electron chi connectivity index (χ4n) is 1.54. The van der Waals surface area contributed by atoms with Gasteiger partial charge < -0.3 is 14.6 Å². The van der Waals surface area contributed by atoms with Crippen molar-refractivity contribution < 1.29 is 14.6 Å². The van der Waals surface area contributed by atoms with Crippen LogP contribution in [0.2, 0.25) is 0 Å². The number of rotatable bonds is 6. The second kappa shape index (κ2) is 6.07. The molecule has 0 aliphatic heterocycles. The number of benzene rings is 1. The lowest BCUT2D eigenvalue weighted by molar-refractivity contribution is 0.191. The van der Waals surface area contributed by atoms with E-state index in [1.165, 1.54) is 0 Å². The van der Waals surface area contributed by atoms with Gasteiger partial charge in [-0.15, -0.1) is 0 Å². The highest BCUT2D eigenvalue weighted by molar-refractivity contribution is 5.39. The van der Waals surface area contributed by atoms with Gasteiger partial charge in [-0.05, 0) is 18.2 Å². The Balaban J connectivity index is 2.02. The monoisotopic (exact) mass is 248 g/mol. The highest BCUT2D eigenvalue weighted by Crippen LogP contribution is 2.27. The van der Waals surface area contributed by atoms with Gasteiger partial charge >= 0.3 is 0 Å². The van der Waals surface area contributed by atoms with Crippen LogP contribution in [-0.2, 0) is 13.7 Å². The highest BCUT2D eigenvalue weighted by atomic mass is 16.5. The fourth-order valence-corrected chi connectivity index (χ4v) is 1.54. The predicted molar refractivity (Wildman–Crippen MR) is 66.6 cm³/mol. The van der Waals surface area contributed by atoms with Crippen molar-refractivity contribution in [3.05, 3.63) is 42.2 Å². The number of aliphatic hydroxyl groups is 1. The van der Waals surface area contributed by atoms with Gasteiger partial charge in [0.1, 0.15) is 13.2 Å². The van der Waals surface area contributed by atoms with E-state index in [-0.39, 0.29) is 13.2 Å². The van der Waals surface area contributed by atoms with Crippen molar-refractivity contribution in [3.8, 4) is 11.5 Å². The molecular formula is C13H16N2O3. The van der Waals surface area contributed by atoms with E-state index in [1.807, 2.05) is 37.4 Å². The first kappa shape index (κ1) is 12.4. The summed E-state index contributed by atoms with van der Waals surface area (Å²) in [6.07, 6.45) is 1.73.